The Balaban J connectivity index is 1.70. The number of carbonyl (C=O) groups is 1. The lowest BCUT2D eigenvalue weighted by Crippen LogP contribution is -2.51. The summed E-state index contributed by atoms with van der Waals surface area (Å²) in [6, 6.07) is 0. The van der Waals surface area contributed by atoms with Crippen LogP contribution in [-0.4, -0.2) is 60.3 Å². The minimum atomic E-state index is 0.0149. The van der Waals surface area contributed by atoms with E-state index in [-0.39, 0.29) is 18.1 Å². The van der Waals surface area contributed by atoms with Crippen LogP contribution in [0.5, 0.6) is 0 Å². The van der Waals surface area contributed by atoms with Crippen molar-refractivity contribution in [2.24, 2.45) is 5.92 Å². The van der Waals surface area contributed by atoms with Gasteiger partial charge in [-0.15, -0.1) is 11.3 Å². The number of hydrogen-bond donors (Lipinski definition) is 0. The SMILES string of the molecule is COCC(=O)N1CCN(c2nc3sc4c(c3c(=O)n2CC(C)C)CCCC4)CC1. The highest BCUT2D eigenvalue weighted by atomic mass is 32.1. The van der Waals surface area contributed by atoms with Crippen LogP contribution in [0.15, 0.2) is 4.79 Å². The topological polar surface area (TPSA) is 67.7 Å². The predicted octanol–water partition coefficient (Wildman–Crippen LogP) is 2.29. The molecule has 29 heavy (non-hydrogen) atoms. The fourth-order valence-corrected chi connectivity index (χ4v) is 5.62. The van der Waals surface area contributed by atoms with Crippen LogP contribution in [0, 0.1) is 5.92 Å². The molecule has 0 saturated carbocycles. The van der Waals surface area contributed by atoms with Gasteiger partial charge in [0.1, 0.15) is 11.4 Å². The summed E-state index contributed by atoms with van der Waals surface area (Å²) < 4.78 is 6.85. The molecule has 0 aromatic carbocycles. The maximum Gasteiger partial charge on any atom is 0.263 e. The first-order chi connectivity index (χ1) is 14.0. The van der Waals surface area contributed by atoms with E-state index in [9.17, 15) is 9.59 Å². The van der Waals surface area contributed by atoms with Crippen LogP contribution in [0.1, 0.15) is 37.1 Å². The second-order valence-electron chi connectivity index (χ2n) is 8.41. The summed E-state index contributed by atoms with van der Waals surface area (Å²) >= 11 is 1.70. The number of nitrogens with zero attached hydrogens (tertiary/aromatic N) is 4. The Bertz CT molecular complexity index is 957. The number of piperazine rings is 1. The van der Waals surface area contributed by atoms with Gasteiger partial charge in [0, 0.05) is 44.7 Å². The van der Waals surface area contributed by atoms with Gasteiger partial charge in [-0.25, -0.2) is 4.98 Å². The van der Waals surface area contributed by atoms with E-state index in [4.69, 9.17) is 9.72 Å². The molecule has 1 aliphatic heterocycles. The molecule has 8 heteroatoms. The van der Waals surface area contributed by atoms with Crippen LogP contribution in [0.3, 0.4) is 0 Å². The lowest BCUT2D eigenvalue weighted by molar-refractivity contribution is -0.135. The van der Waals surface area contributed by atoms with Gasteiger partial charge in [-0.05, 0) is 37.2 Å². The number of aromatic nitrogens is 2. The number of methoxy groups -OCH3 is 1. The van der Waals surface area contributed by atoms with Gasteiger partial charge in [0.05, 0.1) is 5.39 Å². The molecule has 7 nitrogen and oxygen atoms in total. The number of aryl methyl sites for hydroxylation is 2. The van der Waals surface area contributed by atoms with Crippen LogP contribution < -0.4 is 10.5 Å². The second kappa shape index (κ2) is 8.44. The highest BCUT2D eigenvalue weighted by Crippen LogP contribution is 2.34. The number of thiophene rings is 1. The molecule has 0 N–H and O–H groups in total. The third-order valence-corrected chi connectivity index (χ3v) is 6.97. The minimum absolute atomic E-state index is 0.0149. The van der Waals surface area contributed by atoms with Crippen molar-refractivity contribution in [3.05, 3.63) is 20.8 Å². The molecular formula is C21H30N4O3S. The number of rotatable bonds is 5. The molecule has 1 saturated heterocycles. The zero-order valence-electron chi connectivity index (χ0n) is 17.6. The van der Waals surface area contributed by atoms with Gasteiger partial charge < -0.3 is 14.5 Å². The Morgan fingerprint density at radius 1 is 1.17 bits per heavy atom. The standard InChI is InChI=1S/C21H30N4O3S/c1-14(2)12-25-20(27)18-15-6-4-5-7-16(15)29-19(18)22-21(25)24-10-8-23(9-11-24)17(26)13-28-3/h14H,4-13H2,1-3H3. The zero-order valence-corrected chi connectivity index (χ0v) is 18.4. The van der Waals surface area contributed by atoms with E-state index in [1.54, 1.807) is 18.4 Å². The molecule has 0 radical (unpaired) electrons. The molecule has 0 spiro atoms. The lowest BCUT2D eigenvalue weighted by atomic mass is 9.97. The van der Waals surface area contributed by atoms with Gasteiger partial charge >= 0.3 is 0 Å². The maximum atomic E-state index is 13.5. The third-order valence-electron chi connectivity index (χ3n) is 5.79. The van der Waals surface area contributed by atoms with E-state index in [1.165, 1.54) is 16.9 Å². The average Bonchev–Trinajstić information content (AvgIpc) is 3.08. The fraction of sp³-hybridized carbons (Fsp3) is 0.667. The first kappa shape index (κ1) is 20.3. The quantitative estimate of drug-likeness (QED) is 0.745. The third kappa shape index (κ3) is 3.92. The Hall–Kier alpha value is -1.93. The molecule has 4 rings (SSSR count). The molecule has 1 amide bonds. The van der Waals surface area contributed by atoms with E-state index in [2.05, 4.69) is 18.7 Å². The van der Waals surface area contributed by atoms with Crippen molar-refractivity contribution >= 4 is 33.4 Å². The largest absolute Gasteiger partial charge is 0.375 e. The van der Waals surface area contributed by atoms with Crippen molar-refractivity contribution in [3.8, 4) is 0 Å². The molecule has 2 aromatic rings. The molecular weight excluding hydrogens is 388 g/mol. The van der Waals surface area contributed by atoms with E-state index in [0.717, 1.165) is 35.4 Å². The molecule has 3 heterocycles. The maximum absolute atomic E-state index is 13.5. The van der Waals surface area contributed by atoms with E-state index >= 15 is 0 Å². The van der Waals surface area contributed by atoms with Crippen LogP contribution in [0.4, 0.5) is 5.95 Å². The summed E-state index contributed by atoms with van der Waals surface area (Å²) in [5, 5.41) is 0.850. The van der Waals surface area contributed by atoms with Gasteiger partial charge in [-0.2, -0.15) is 0 Å². The van der Waals surface area contributed by atoms with E-state index < -0.39 is 0 Å². The monoisotopic (exact) mass is 418 g/mol. The number of amides is 1. The van der Waals surface area contributed by atoms with E-state index in [1.807, 2.05) is 9.47 Å². The molecule has 0 bridgehead atoms. The molecule has 0 unspecified atom stereocenters. The number of carbonyl (C=O) groups excluding carboxylic acids is 1. The van der Waals surface area contributed by atoms with Gasteiger partial charge in [0.2, 0.25) is 11.9 Å². The smallest absolute Gasteiger partial charge is 0.263 e. The number of anilines is 1. The number of hydrogen-bond acceptors (Lipinski definition) is 6. The number of ether oxygens (including phenoxy) is 1. The van der Waals surface area contributed by atoms with Crippen LogP contribution >= 0.6 is 11.3 Å². The van der Waals surface area contributed by atoms with Crippen molar-refractivity contribution in [1.82, 2.24) is 14.5 Å². The van der Waals surface area contributed by atoms with Crippen LogP contribution in [-0.2, 0) is 28.9 Å². The first-order valence-corrected chi connectivity index (χ1v) is 11.4. The average molecular weight is 419 g/mol. The minimum Gasteiger partial charge on any atom is -0.375 e. The van der Waals surface area contributed by atoms with Crippen molar-refractivity contribution in [1.29, 1.82) is 0 Å². The Morgan fingerprint density at radius 2 is 1.90 bits per heavy atom. The highest BCUT2D eigenvalue weighted by molar-refractivity contribution is 7.18. The predicted molar refractivity (Wildman–Crippen MR) is 116 cm³/mol. The van der Waals surface area contributed by atoms with Crippen molar-refractivity contribution < 1.29 is 9.53 Å². The van der Waals surface area contributed by atoms with E-state index in [0.29, 0.717) is 38.6 Å². The van der Waals surface area contributed by atoms with Crippen molar-refractivity contribution in [3.63, 3.8) is 0 Å². The molecule has 0 atom stereocenters. The summed E-state index contributed by atoms with van der Waals surface area (Å²) in [4.78, 5) is 36.9. The summed E-state index contributed by atoms with van der Waals surface area (Å²) in [6.07, 6.45) is 4.41. The molecule has 2 aliphatic rings. The molecule has 1 aliphatic carbocycles. The van der Waals surface area contributed by atoms with Crippen LogP contribution in [0.25, 0.3) is 10.2 Å². The second-order valence-corrected chi connectivity index (χ2v) is 9.50. The summed E-state index contributed by atoms with van der Waals surface area (Å²) in [6.45, 7) is 7.63. The summed E-state index contributed by atoms with van der Waals surface area (Å²) in [5.74, 6) is 1.12. The fourth-order valence-electron chi connectivity index (χ4n) is 4.37. The summed E-state index contributed by atoms with van der Waals surface area (Å²) in [5.41, 5.74) is 1.35. The van der Waals surface area contributed by atoms with Crippen molar-refractivity contribution in [2.75, 3.05) is 44.8 Å². The lowest BCUT2D eigenvalue weighted by Gasteiger charge is -2.36. The van der Waals surface area contributed by atoms with Crippen molar-refractivity contribution in [2.45, 2.75) is 46.1 Å². The molecule has 1 fully saturated rings. The highest BCUT2D eigenvalue weighted by Gasteiger charge is 2.27. The number of fused-ring (bicyclic) bond motifs is 3. The molecule has 2 aromatic heterocycles. The Morgan fingerprint density at radius 3 is 2.59 bits per heavy atom. The van der Waals surface area contributed by atoms with Gasteiger partial charge in [-0.1, -0.05) is 13.8 Å². The first-order valence-electron chi connectivity index (χ1n) is 10.6. The van der Waals surface area contributed by atoms with Gasteiger partial charge in [0.25, 0.3) is 5.56 Å². The molecule has 158 valence electrons. The van der Waals surface area contributed by atoms with Crippen LogP contribution in [0.2, 0.25) is 0 Å². The Kier molecular flexibility index (Phi) is 5.92. The van der Waals surface area contributed by atoms with Gasteiger partial charge in [-0.3, -0.25) is 14.2 Å². The normalized spacial score (nSPS) is 17.2. The zero-order chi connectivity index (χ0) is 20.5. The van der Waals surface area contributed by atoms with Gasteiger partial charge in [0.15, 0.2) is 0 Å². The summed E-state index contributed by atoms with van der Waals surface area (Å²) in [7, 11) is 1.54. The Labute approximate surface area is 175 Å².